The molecular weight excluding hydrogens is 298 g/mol. The summed E-state index contributed by atoms with van der Waals surface area (Å²) in [6, 6.07) is 0. The normalized spacial score (nSPS) is 11.9. The maximum Gasteiger partial charge on any atom is 0.283 e. The Morgan fingerprint density at radius 1 is 0.682 bits per heavy atom. The Balaban J connectivity index is 3.15. The van der Waals surface area contributed by atoms with Crippen molar-refractivity contribution in [3.8, 4) is 0 Å². The maximum atomic E-state index is 11.3. The van der Waals surface area contributed by atoms with E-state index in [0.29, 0.717) is 13.0 Å². The summed E-state index contributed by atoms with van der Waals surface area (Å²) in [6.45, 7) is 4.69. The van der Waals surface area contributed by atoms with Gasteiger partial charge in [0, 0.05) is 6.54 Å². The third-order valence-electron chi connectivity index (χ3n) is 3.77. The molecule has 0 aliphatic heterocycles. The molecule has 134 valence electrons. The van der Waals surface area contributed by atoms with Gasteiger partial charge in [0.15, 0.2) is 0 Å². The Hall–Kier alpha value is -0.130. The quantitative estimate of drug-likeness (QED) is 0.302. The molecule has 0 aliphatic rings. The van der Waals surface area contributed by atoms with Gasteiger partial charge in [-0.3, -0.25) is 0 Å². The van der Waals surface area contributed by atoms with Crippen LogP contribution in [0.15, 0.2) is 0 Å². The second-order valence-corrected chi connectivity index (χ2v) is 7.82. The second kappa shape index (κ2) is 15.8. The molecule has 0 aliphatic carbocycles. The van der Waals surface area contributed by atoms with Gasteiger partial charge in [-0.2, -0.15) is 18.2 Å². The topological polar surface area (TPSA) is 55.4 Å². The van der Waals surface area contributed by atoms with E-state index in [9.17, 15) is 8.42 Å². The molecule has 0 saturated heterocycles. The predicted octanol–water partition coefficient (Wildman–Crippen LogP) is 4.95. The Bertz CT molecular complexity index is 318. The molecule has 0 heterocycles. The fourth-order valence-electron chi connectivity index (χ4n) is 2.46. The van der Waals surface area contributed by atoms with Crippen molar-refractivity contribution in [3.63, 3.8) is 0 Å². The Kier molecular flexibility index (Phi) is 15.7. The highest BCUT2D eigenvalue weighted by Crippen LogP contribution is 2.11. The van der Waals surface area contributed by atoms with Crippen molar-refractivity contribution in [2.75, 3.05) is 12.3 Å². The highest BCUT2D eigenvalue weighted by Gasteiger charge is 2.08. The summed E-state index contributed by atoms with van der Waals surface area (Å²) < 4.78 is 27.2. The highest BCUT2D eigenvalue weighted by atomic mass is 32.2. The smallest absolute Gasteiger partial charge is 0.198 e. The van der Waals surface area contributed by atoms with E-state index in [1.54, 1.807) is 0 Å². The van der Waals surface area contributed by atoms with E-state index in [0.717, 1.165) is 12.8 Å². The first-order valence-electron chi connectivity index (χ1n) is 9.26. The molecule has 0 fully saturated rings. The number of hydrogen-bond donors (Lipinski definition) is 1. The van der Waals surface area contributed by atoms with E-state index in [4.69, 9.17) is 4.28 Å². The zero-order valence-corrected chi connectivity index (χ0v) is 15.6. The van der Waals surface area contributed by atoms with Crippen molar-refractivity contribution in [2.45, 2.75) is 97.3 Å². The Morgan fingerprint density at radius 2 is 1.14 bits per heavy atom. The standard InChI is InChI=1S/C17H37NO3S/c1-3-5-6-7-8-9-10-11-12-13-14-15-16-18-21-22(19,20)17-4-2/h18H,3-17H2,1-2H3. The van der Waals surface area contributed by atoms with Crippen LogP contribution in [0.5, 0.6) is 0 Å². The number of nitrogens with one attached hydrogen (secondary N) is 1. The molecule has 0 amide bonds. The van der Waals surface area contributed by atoms with E-state index >= 15 is 0 Å². The number of hydroxylamine groups is 1. The number of hydrogen-bond acceptors (Lipinski definition) is 4. The molecule has 0 saturated carbocycles. The Morgan fingerprint density at radius 3 is 1.59 bits per heavy atom. The van der Waals surface area contributed by atoms with Crippen LogP contribution >= 0.6 is 0 Å². The van der Waals surface area contributed by atoms with Crippen LogP contribution in [0.25, 0.3) is 0 Å². The third kappa shape index (κ3) is 16.2. The first-order valence-corrected chi connectivity index (χ1v) is 10.8. The minimum absolute atomic E-state index is 0.0818. The van der Waals surface area contributed by atoms with Gasteiger partial charge < -0.3 is 0 Å². The van der Waals surface area contributed by atoms with Crippen LogP contribution in [0.1, 0.15) is 97.3 Å². The van der Waals surface area contributed by atoms with Gasteiger partial charge in [0.25, 0.3) is 10.1 Å². The predicted molar refractivity (Wildman–Crippen MR) is 94.2 cm³/mol. The lowest BCUT2D eigenvalue weighted by molar-refractivity contribution is 0.201. The third-order valence-corrected chi connectivity index (χ3v) is 5.05. The summed E-state index contributed by atoms with van der Waals surface area (Å²) in [7, 11) is -3.36. The minimum Gasteiger partial charge on any atom is -0.198 e. The van der Waals surface area contributed by atoms with Gasteiger partial charge in [-0.15, -0.1) is 0 Å². The van der Waals surface area contributed by atoms with Crippen molar-refractivity contribution in [3.05, 3.63) is 0 Å². The molecule has 0 aromatic rings. The summed E-state index contributed by atoms with van der Waals surface area (Å²) >= 11 is 0. The molecule has 4 nitrogen and oxygen atoms in total. The number of unbranched alkanes of at least 4 members (excludes halogenated alkanes) is 11. The fourth-order valence-corrected chi connectivity index (χ4v) is 3.31. The first-order chi connectivity index (χ1) is 10.6. The fraction of sp³-hybridized carbons (Fsp3) is 1.00. The monoisotopic (exact) mass is 335 g/mol. The van der Waals surface area contributed by atoms with Gasteiger partial charge in [0.1, 0.15) is 0 Å². The molecule has 0 rings (SSSR count). The van der Waals surface area contributed by atoms with Gasteiger partial charge in [0.05, 0.1) is 5.75 Å². The molecule has 0 aromatic heterocycles. The van der Waals surface area contributed by atoms with Crippen LogP contribution in [0.3, 0.4) is 0 Å². The lowest BCUT2D eigenvalue weighted by Crippen LogP contribution is -2.23. The van der Waals surface area contributed by atoms with Crippen molar-refractivity contribution in [1.82, 2.24) is 5.48 Å². The van der Waals surface area contributed by atoms with Crippen molar-refractivity contribution in [1.29, 1.82) is 0 Å². The average molecular weight is 336 g/mol. The zero-order chi connectivity index (χ0) is 16.5. The van der Waals surface area contributed by atoms with Crippen LogP contribution in [-0.2, 0) is 14.4 Å². The van der Waals surface area contributed by atoms with Crippen LogP contribution in [0.4, 0.5) is 0 Å². The molecule has 22 heavy (non-hydrogen) atoms. The van der Waals surface area contributed by atoms with Crippen LogP contribution in [0.2, 0.25) is 0 Å². The van der Waals surface area contributed by atoms with E-state index in [-0.39, 0.29) is 5.75 Å². The van der Waals surface area contributed by atoms with Gasteiger partial charge in [-0.25, -0.2) is 0 Å². The van der Waals surface area contributed by atoms with Crippen LogP contribution < -0.4 is 5.48 Å². The molecule has 0 radical (unpaired) electrons. The van der Waals surface area contributed by atoms with Gasteiger partial charge in [-0.1, -0.05) is 84.5 Å². The van der Waals surface area contributed by atoms with Crippen molar-refractivity contribution in [2.24, 2.45) is 0 Å². The lowest BCUT2D eigenvalue weighted by Gasteiger charge is -2.05. The molecule has 0 bridgehead atoms. The molecular formula is C17H37NO3S. The van der Waals surface area contributed by atoms with Crippen molar-refractivity contribution < 1.29 is 12.7 Å². The van der Waals surface area contributed by atoms with Gasteiger partial charge >= 0.3 is 0 Å². The summed E-state index contributed by atoms with van der Waals surface area (Å²) in [4.78, 5) is 0. The number of rotatable bonds is 17. The minimum atomic E-state index is -3.36. The van der Waals surface area contributed by atoms with Crippen molar-refractivity contribution >= 4 is 10.1 Å². The summed E-state index contributed by atoms with van der Waals surface area (Å²) in [5.41, 5.74) is 2.56. The SMILES string of the molecule is CCCCCCCCCCCCCCNOS(=O)(=O)CCC. The molecule has 1 N–H and O–H groups in total. The van der Waals surface area contributed by atoms with E-state index < -0.39 is 10.1 Å². The van der Waals surface area contributed by atoms with E-state index in [2.05, 4.69) is 12.4 Å². The van der Waals surface area contributed by atoms with Gasteiger partial charge in [-0.05, 0) is 12.8 Å². The van der Waals surface area contributed by atoms with Gasteiger partial charge in [0.2, 0.25) is 0 Å². The van der Waals surface area contributed by atoms with E-state index in [1.165, 1.54) is 64.2 Å². The summed E-state index contributed by atoms with van der Waals surface area (Å²) in [6.07, 6.45) is 16.2. The summed E-state index contributed by atoms with van der Waals surface area (Å²) in [5.74, 6) is 0.0818. The lowest BCUT2D eigenvalue weighted by atomic mass is 10.1. The molecule has 0 spiro atoms. The molecule has 5 heteroatoms. The zero-order valence-electron chi connectivity index (χ0n) is 14.7. The average Bonchev–Trinajstić information content (AvgIpc) is 2.47. The van der Waals surface area contributed by atoms with Crippen LogP contribution in [-0.4, -0.2) is 20.7 Å². The maximum absolute atomic E-state index is 11.3. The highest BCUT2D eigenvalue weighted by molar-refractivity contribution is 7.86. The molecule has 0 aromatic carbocycles. The first kappa shape index (κ1) is 21.9. The van der Waals surface area contributed by atoms with E-state index in [1.807, 2.05) is 6.92 Å². The Labute approximate surface area is 138 Å². The second-order valence-electron chi connectivity index (χ2n) is 6.13. The molecule has 0 atom stereocenters. The summed E-state index contributed by atoms with van der Waals surface area (Å²) in [5, 5.41) is 0. The van der Waals surface area contributed by atoms with Crippen LogP contribution in [0, 0.1) is 0 Å². The molecule has 0 unspecified atom stereocenters. The largest absolute Gasteiger partial charge is 0.283 e.